The van der Waals surface area contributed by atoms with Crippen molar-refractivity contribution in [3.05, 3.63) is 30.1 Å². The van der Waals surface area contributed by atoms with Gasteiger partial charge in [0.05, 0.1) is 12.9 Å². The van der Waals surface area contributed by atoms with E-state index in [0.717, 1.165) is 11.8 Å². The number of pyridine rings is 1. The topological polar surface area (TPSA) is 56.3 Å². The number of nitrogens with zero attached hydrogens (tertiary/aromatic N) is 1. The van der Waals surface area contributed by atoms with E-state index >= 15 is 0 Å². The van der Waals surface area contributed by atoms with E-state index in [1.54, 1.807) is 24.5 Å². The molecule has 0 aliphatic rings. The van der Waals surface area contributed by atoms with Gasteiger partial charge < -0.3 is 0 Å². The minimum Gasteiger partial charge on any atom is -0.265 e. The zero-order valence-corrected chi connectivity index (χ0v) is 7.41. The molecule has 1 aromatic heterocycles. The Hall–Kier alpha value is -0.940. The van der Waals surface area contributed by atoms with E-state index in [-0.39, 0.29) is 6.61 Å². The Bertz CT molecular complexity index is 333. The Labute approximate surface area is 71.3 Å². The average molecular weight is 187 g/mol. The van der Waals surface area contributed by atoms with Crippen molar-refractivity contribution in [3.8, 4) is 0 Å². The highest BCUT2D eigenvalue weighted by atomic mass is 32.2. The summed E-state index contributed by atoms with van der Waals surface area (Å²) in [5, 5.41) is 0. The number of aromatic nitrogens is 1. The van der Waals surface area contributed by atoms with Gasteiger partial charge >= 0.3 is 0 Å². The SMILES string of the molecule is CS(=O)(=O)OCc1cccnc1. The quantitative estimate of drug-likeness (QED) is 0.649. The normalized spacial score (nSPS) is 11.4. The van der Waals surface area contributed by atoms with E-state index in [2.05, 4.69) is 9.17 Å². The van der Waals surface area contributed by atoms with Gasteiger partial charge in [-0.15, -0.1) is 0 Å². The van der Waals surface area contributed by atoms with Gasteiger partial charge in [0, 0.05) is 12.4 Å². The summed E-state index contributed by atoms with van der Waals surface area (Å²) in [5.74, 6) is 0. The van der Waals surface area contributed by atoms with Gasteiger partial charge in [-0.1, -0.05) is 6.07 Å². The Balaban J connectivity index is 2.56. The van der Waals surface area contributed by atoms with E-state index in [9.17, 15) is 8.42 Å². The molecule has 0 fully saturated rings. The zero-order chi connectivity index (χ0) is 9.03. The molecule has 1 heterocycles. The standard InChI is InChI=1S/C7H9NO3S/c1-12(9,10)11-6-7-3-2-4-8-5-7/h2-5H,6H2,1H3. The van der Waals surface area contributed by atoms with Crippen molar-refractivity contribution in [3.63, 3.8) is 0 Å². The van der Waals surface area contributed by atoms with Crippen LogP contribution in [0.1, 0.15) is 5.56 Å². The molecule has 12 heavy (non-hydrogen) atoms. The second kappa shape index (κ2) is 3.64. The summed E-state index contributed by atoms with van der Waals surface area (Å²) in [4.78, 5) is 3.81. The van der Waals surface area contributed by atoms with Crippen molar-refractivity contribution in [1.29, 1.82) is 0 Å². The molecule has 0 radical (unpaired) electrons. The highest BCUT2D eigenvalue weighted by Crippen LogP contribution is 2.00. The summed E-state index contributed by atoms with van der Waals surface area (Å²) in [5.41, 5.74) is 0.739. The average Bonchev–Trinajstić information content (AvgIpc) is 2.02. The Morgan fingerprint density at radius 3 is 2.83 bits per heavy atom. The fourth-order valence-electron chi connectivity index (χ4n) is 0.659. The molecule has 66 valence electrons. The maximum Gasteiger partial charge on any atom is 0.264 e. The molecule has 0 atom stereocenters. The first-order valence-electron chi connectivity index (χ1n) is 3.31. The van der Waals surface area contributed by atoms with Gasteiger partial charge in [0.2, 0.25) is 0 Å². The molecule has 0 N–H and O–H groups in total. The van der Waals surface area contributed by atoms with Crippen LogP contribution in [-0.2, 0) is 20.9 Å². The predicted molar refractivity (Wildman–Crippen MR) is 43.9 cm³/mol. The van der Waals surface area contributed by atoms with Crippen LogP contribution in [0.15, 0.2) is 24.5 Å². The van der Waals surface area contributed by atoms with Crippen LogP contribution in [0.3, 0.4) is 0 Å². The molecule has 4 nitrogen and oxygen atoms in total. The van der Waals surface area contributed by atoms with E-state index in [1.165, 1.54) is 0 Å². The summed E-state index contributed by atoms with van der Waals surface area (Å²) in [6.07, 6.45) is 4.19. The maximum absolute atomic E-state index is 10.6. The van der Waals surface area contributed by atoms with E-state index < -0.39 is 10.1 Å². The number of hydrogen-bond donors (Lipinski definition) is 0. The molecule has 0 saturated heterocycles. The van der Waals surface area contributed by atoms with Crippen LogP contribution in [0.2, 0.25) is 0 Å². The van der Waals surface area contributed by atoms with Crippen LogP contribution in [0.5, 0.6) is 0 Å². The Morgan fingerprint density at radius 2 is 2.33 bits per heavy atom. The highest BCUT2D eigenvalue weighted by molar-refractivity contribution is 7.85. The Kier molecular flexibility index (Phi) is 2.78. The molecular weight excluding hydrogens is 178 g/mol. The third-order valence-electron chi connectivity index (χ3n) is 1.16. The lowest BCUT2D eigenvalue weighted by atomic mass is 10.3. The van der Waals surface area contributed by atoms with Crippen LogP contribution in [0, 0.1) is 0 Å². The van der Waals surface area contributed by atoms with Gasteiger partial charge in [-0.2, -0.15) is 8.42 Å². The predicted octanol–water partition coefficient (Wildman–Crippen LogP) is 0.558. The highest BCUT2D eigenvalue weighted by Gasteiger charge is 2.01. The lowest BCUT2D eigenvalue weighted by molar-refractivity contribution is 0.311. The summed E-state index contributed by atoms with van der Waals surface area (Å²) in [6.45, 7) is 0.0483. The van der Waals surface area contributed by atoms with Crippen molar-refractivity contribution >= 4 is 10.1 Å². The minimum absolute atomic E-state index is 0.0483. The van der Waals surface area contributed by atoms with Gasteiger partial charge in [-0.05, 0) is 11.6 Å². The summed E-state index contributed by atoms with van der Waals surface area (Å²) in [7, 11) is -3.35. The molecule has 0 amide bonds. The maximum atomic E-state index is 10.6. The number of rotatable bonds is 3. The molecule has 0 bridgehead atoms. The largest absolute Gasteiger partial charge is 0.265 e. The molecule has 0 unspecified atom stereocenters. The molecule has 1 aromatic rings. The van der Waals surface area contributed by atoms with Gasteiger partial charge in [0.1, 0.15) is 0 Å². The monoisotopic (exact) mass is 187 g/mol. The second-order valence-corrected chi connectivity index (χ2v) is 3.97. The van der Waals surface area contributed by atoms with Crippen molar-refractivity contribution in [2.45, 2.75) is 6.61 Å². The lowest BCUT2D eigenvalue weighted by Crippen LogP contribution is -2.02. The van der Waals surface area contributed by atoms with Crippen molar-refractivity contribution in [2.75, 3.05) is 6.26 Å². The fraction of sp³-hybridized carbons (Fsp3) is 0.286. The molecule has 0 spiro atoms. The molecule has 0 aliphatic carbocycles. The first-order chi connectivity index (χ1) is 5.58. The molecular formula is C7H9NO3S. The fourth-order valence-corrected chi connectivity index (χ4v) is 1.01. The van der Waals surface area contributed by atoms with Crippen LogP contribution in [0.4, 0.5) is 0 Å². The van der Waals surface area contributed by atoms with Crippen molar-refractivity contribution in [1.82, 2.24) is 4.98 Å². The van der Waals surface area contributed by atoms with Gasteiger partial charge in [-0.3, -0.25) is 9.17 Å². The first-order valence-corrected chi connectivity index (χ1v) is 5.13. The zero-order valence-electron chi connectivity index (χ0n) is 6.60. The van der Waals surface area contributed by atoms with E-state index in [4.69, 9.17) is 0 Å². The van der Waals surface area contributed by atoms with E-state index in [1.807, 2.05) is 0 Å². The molecule has 0 saturated carbocycles. The minimum atomic E-state index is -3.35. The second-order valence-electron chi connectivity index (χ2n) is 2.33. The van der Waals surface area contributed by atoms with E-state index in [0.29, 0.717) is 0 Å². The summed E-state index contributed by atoms with van der Waals surface area (Å²) < 4.78 is 25.7. The van der Waals surface area contributed by atoms with Crippen LogP contribution < -0.4 is 0 Å². The Morgan fingerprint density at radius 1 is 1.58 bits per heavy atom. The third kappa shape index (κ3) is 3.45. The van der Waals surface area contributed by atoms with Crippen molar-refractivity contribution in [2.24, 2.45) is 0 Å². The smallest absolute Gasteiger partial charge is 0.264 e. The van der Waals surface area contributed by atoms with Gasteiger partial charge in [0.15, 0.2) is 0 Å². The molecule has 0 aliphatic heterocycles. The molecule has 0 aromatic carbocycles. The molecule has 1 rings (SSSR count). The van der Waals surface area contributed by atoms with Gasteiger partial charge in [0.25, 0.3) is 10.1 Å². The third-order valence-corrected chi connectivity index (χ3v) is 1.71. The van der Waals surface area contributed by atoms with Crippen molar-refractivity contribution < 1.29 is 12.6 Å². The number of hydrogen-bond acceptors (Lipinski definition) is 4. The summed E-state index contributed by atoms with van der Waals surface area (Å²) in [6, 6.07) is 3.47. The summed E-state index contributed by atoms with van der Waals surface area (Å²) >= 11 is 0. The van der Waals surface area contributed by atoms with Crippen LogP contribution >= 0.6 is 0 Å². The van der Waals surface area contributed by atoms with Gasteiger partial charge in [-0.25, -0.2) is 0 Å². The van der Waals surface area contributed by atoms with Crippen LogP contribution in [0.25, 0.3) is 0 Å². The van der Waals surface area contributed by atoms with Crippen LogP contribution in [-0.4, -0.2) is 19.7 Å². The first kappa shape index (κ1) is 9.15. The molecule has 5 heteroatoms. The lowest BCUT2D eigenvalue weighted by Gasteiger charge is -1.99.